The van der Waals surface area contributed by atoms with Gasteiger partial charge in [-0.05, 0) is 73.7 Å². The molecule has 8 heteroatoms. The molecule has 0 bridgehead atoms. The number of hydrogen-bond acceptors (Lipinski definition) is 6. The molecular formula is C30H34ClNO6. The van der Waals surface area contributed by atoms with Crippen LogP contribution in [0, 0.1) is 0 Å². The van der Waals surface area contributed by atoms with Crippen LogP contribution in [0.2, 0.25) is 5.02 Å². The van der Waals surface area contributed by atoms with E-state index in [1.807, 2.05) is 51.1 Å². The Morgan fingerprint density at radius 2 is 1.66 bits per heavy atom. The van der Waals surface area contributed by atoms with Crippen LogP contribution >= 0.6 is 11.6 Å². The first-order valence-corrected chi connectivity index (χ1v) is 12.7. The van der Waals surface area contributed by atoms with E-state index in [9.17, 15) is 14.7 Å². The van der Waals surface area contributed by atoms with Crippen LogP contribution in [0.4, 0.5) is 4.79 Å². The van der Waals surface area contributed by atoms with Crippen molar-refractivity contribution in [1.29, 1.82) is 0 Å². The van der Waals surface area contributed by atoms with Gasteiger partial charge in [0.25, 0.3) is 0 Å². The van der Waals surface area contributed by atoms with Crippen LogP contribution in [0.1, 0.15) is 48.4 Å². The third kappa shape index (κ3) is 7.97. The van der Waals surface area contributed by atoms with Gasteiger partial charge in [0, 0.05) is 11.6 Å². The molecule has 1 N–H and O–H groups in total. The highest BCUT2D eigenvalue weighted by Crippen LogP contribution is 2.28. The fourth-order valence-electron chi connectivity index (χ4n) is 3.89. The number of rotatable bonds is 9. The number of amides is 1. The summed E-state index contributed by atoms with van der Waals surface area (Å²) in [4.78, 5) is 26.4. The summed E-state index contributed by atoms with van der Waals surface area (Å²) in [6.07, 6.45) is -0.841. The molecule has 3 aromatic carbocycles. The third-order valence-electron chi connectivity index (χ3n) is 5.84. The monoisotopic (exact) mass is 539 g/mol. The van der Waals surface area contributed by atoms with Gasteiger partial charge in [-0.3, -0.25) is 0 Å². The number of halogens is 1. The minimum absolute atomic E-state index is 0.0691. The minimum Gasteiger partial charge on any atom is -0.496 e. The first-order valence-electron chi connectivity index (χ1n) is 12.3. The third-order valence-corrected chi connectivity index (χ3v) is 6.08. The highest BCUT2D eigenvalue weighted by molar-refractivity contribution is 6.30. The Balaban J connectivity index is 1.73. The van der Waals surface area contributed by atoms with E-state index in [0.29, 0.717) is 34.9 Å². The number of ether oxygens (including phenoxy) is 3. The number of aliphatic hydroxyl groups is 1. The minimum atomic E-state index is -0.911. The summed E-state index contributed by atoms with van der Waals surface area (Å²) in [5, 5.41) is 11.3. The fraction of sp³-hybridized carbons (Fsp3) is 0.333. The van der Waals surface area contributed by atoms with Crippen LogP contribution in [0.15, 0.2) is 66.7 Å². The molecule has 0 unspecified atom stereocenters. The van der Waals surface area contributed by atoms with Gasteiger partial charge in [-0.25, -0.2) is 9.59 Å². The lowest BCUT2D eigenvalue weighted by atomic mass is 10.0. The van der Waals surface area contributed by atoms with Gasteiger partial charge in [0.1, 0.15) is 16.9 Å². The lowest BCUT2D eigenvalue weighted by Gasteiger charge is -2.29. The largest absolute Gasteiger partial charge is 0.496 e. The molecule has 0 saturated heterocycles. The Labute approximate surface area is 228 Å². The summed E-state index contributed by atoms with van der Waals surface area (Å²) in [5.41, 5.74) is 3.17. The fourth-order valence-corrected chi connectivity index (χ4v) is 4.09. The number of benzene rings is 3. The van der Waals surface area contributed by atoms with Gasteiger partial charge in [0.15, 0.2) is 0 Å². The van der Waals surface area contributed by atoms with Gasteiger partial charge in [-0.2, -0.15) is 0 Å². The zero-order valence-corrected chi connectivity index (χ0v) is 23.1. The molecule has 3 rings (SSSR count). The molecule has 38 heavy (non-hydrogen) atoms. The number of methoxy groups -OCH3 is 2. The normalized spacial score (nSPS) is 12.0. The van der Waals surface area contributed by atoms with Crippen molar-refractivity contribution >= 4 is 23.7 Å². The molecule has 0 heterocycles. The van der Waals surface area contributed by atoms with Crippen molar-refractivity contribution in [2.24, 2.45) is 0 Å². The first kappa shape index (κ1) is 29.0. The predicted octanol–water partition coefficient (Wildman–Crippen LogP) is 6.32. The molecule has 202 valence electrons. The maximum absolute atomic E-state index is 12.9. The topological polar surface area (TPSA) is 85.3 Å². The zero-order chi connectivity index (χ0) is 27.9. The maximum Gasteiger partial charge on any atom is 0.410 e. The first-order chi connectivity index (χ1) is 18.0. The summed E-state index contributed by atoms with van der Waals surface area (Å²) in [6.45, 7) is 5.85. The van der Waals surface area contributed by atoms with Crippen molar-refractivity contribution in [3.63, 3.8) is 0 Å². The van der Waals surface area contributed by atoms with Crippen LogP contribution in [-0.4, -0.2) is 55.0 Å². The Hall–Kier alpha value is -3.55. The van der Waals surface area contributed by atoms with E-state index in [1.54, 1.807) is 36.4 Å². The van der Waals surface area contributed by atoms with Gasteiger partial charge in [0.05, 0.1) is 26.9 Å². The van der Waals surface area contributed by atoms with Crippen molar-refractivity contribution in [1.82, 2.24) is 4.90 Å². The summed E-state index contributed by atoms with van der Waals surface area (Å²) in [7, 11) is 2.84. The van der Waals surface area contributed by atoms with E-state index >= 15 is 0 Å². The molecule has 1 atom stereocenters. The molecule has 0 saturated carbocycles. The second kappa shape index (κ2) is 12.8. The van der Waals surface area contributed by atoms with E-state index in [4.69, 9.17) is 25.8 Å². The van der Waals surface area contributed by atoms with Crippen LogP contribution in [-0.2, 0) is 15.9 Å². The number of hydrogen-bond donors (Lipinski definition) is 1. The highest BCUT2D eigenvalue weighted by Gasteiger charge is 2.24. The average molecular weight is 540 g/mol. The Morgan fingerprint density at radius 1 is 0.974 bits per heavy atom. The number of carbonyl (C=O) groups is 2. The smallest absolute Gasteiger partial charge is 0.410 e. The Morgan fingerprint density at radius 3 is 2.26 bits per heavy atom. The standard InChI is InChI=1S/C30H34ClNO6/c1-30(2,3)38-29(35)32(19-26(33)23-7-6-8-24(31)17-23)16-15-20-9-11-21(12-10-20)22-13-14-25(28(34)37-5)27(18-22)36-4/h6-14,17-18,26,33H,15-16,19H2,1-5H3/t26-/m0/s1. The molecule has 0 aliphatic carbocycles. The maximum atomic E-state index is 12.9. The van der Waals surface area contributed by atoms with Gasteiger partial charge < -0.3 is 24.2 Å². The summed E-state index contributed by atoms with van der Waals surface area (Å²) >= 11 is 6.07. The van der Waals surface area contributed by atoms with Crippen molar-refractivity contribution < 1.29 is 28.9 Å². The molecule has 1 amide bonds. The van der Waals surface area contributed by atoms with Crippen LogP contribution < -0.4 is 4.74 Å². The van der Waals surface area contributed by atoms with E-state index in [0.717, 1.165) is 16.7 Å². The Bertz CT molecular complexity index is 1250. The molecule has 0 aliphatic rings. The molecule has 0 fully saturated rings. The molecule has 0 aromatic heterocycles. The van der Waals surface area contributed by atoms with Crippen molar-refractivity contribution in [2.75, 3.05) is 27.3 Å². The van der Waals surface area contributed by atoms with E-state index in [-0.39, 0.29) is 6.54 Å². The molecular weight excluding hydrogens is 506 g/mol. The lowest BCUT2D eigenvalue weighted by Crippen LogP contribution is -2.40. The number of nitrogens with zero attached hydrogens (tertiary/aromatic N) is 1. The van der Waals surface area contributed by atoms with Crippen molar-refractivity contribution in [3.05, 3.63) is 88.4 Å². The second-order valence-corrected chi connectivity index (χ2v) is 10.3. The van der Waals surface area contributed by atoms with E-state index < -0.39 is 23.8 Å². The Kier molecular flexibility index (Phi) is 9.78. The van der Waals surface area contributed by atoms with Crippen LogP contribution in [0.5, 0.6) is 5.75 Å². The SMILES string of the molecule is COC(=O)c1ccc(-c2ccc(CCN(C[C@H](O)c3cccc(Cl)c3)C(=O)OC(C)(C)C)cc2)cc1OC. The molecule has 0 radical (unpaired) electrons. The van der Waals surface area contributed by atoms with Crippen molar-refractivity contribution in [3.8, 4) is 16.9 Å². The summed E-state index contributed by atoms with van der Waals surface area (Å²) < 4.78 is 15.8. The average Bonchev–Trinajstić information content (AvgIpc) is 2.89. The number of carbonyl (C=O) groups excluding carboxylic acids is 2. The van der Waals surface area contributed by atoms with Crippen LogP contribution in [0.25, 0.3) is 11.1 Å². The van der Waals surface area contributed by atoms with Gasteiger partial charge in [-0.15, -0.1) is 0 Å². The van der Waals surface area contributed by atoms with Crippen LogP contribution in [0.3, 0.4) is 0 Å². The number of aliphatic hydroxyl groups excluding tert-OH is 1. The molecule has 7 nitrogen and oxygen atoms in total. The zero-order valence-electron chi connectivity index (χ0n) is 22.4. The predicted molar refractivity (Wildman–Crippen MR) is 148 cm³/mol. The molecule has 3 aromatic rings. The molecule has 0 spiro atoms. The number of esters is 1. The van der Waals surface area contributed by atoms with E-state index in [2.05, 4.69) is 0 Å². The highest BCUT2D eigenvalue weighted by atomic mass is 35.5. The van der Waals surface area contributed by atoms with Gasteiger partial charge in [-0.1, -0.05) is 54.1 Å². The van der Waals surface area contributed by atoms with E-state index in [1.165, 1.54) is 19.1 Å². The second-order valence-electron chi connectivity index (χ2n) is 9.85. The quantitative estimate of drug-likeness (QED) is 0.320. The lowest BCUT2D eigenvalue weighted by molar-refractivity contribution is 0.0147. The molecule has 0 aliphatic heterocycles. The summed E-state index contributed by atoms with van der Waals surface area (Å²) in [5.74, 6) is -0.0246. The van der Waals surface area contributed by atoms with Gasteiger partial charge >= 0.3 is 12.1 Å². The van der Waals surface area contributed by atoms with Crippen molar-refractivity contribution in [2.45, 2.75) is 38.9 Å². The van der Waals surface area contributed by atoms with Gasteiger partial charge in [0.2, 0.25) is 0 Å². The summed E-state index contributed by atoms with van der Waals surface area (Å²) in [6, 6.07) is 20.2.